The van der Waals surface area contributed by atoms with Gasteiger partial charge in [0.2, 0.25) is 5.91 Å². The summed E-state index contributed by atoms with van der Waals surface area (Å²) >= 11 is 0. The normalized spacial score (nSPS) is 10.4. The van der Waals surface area contributed by atoms with Crippen molar-refractivity contribution in [1.82, 2.24) is 10.6 Å². The predicted octanol–water partition coefficient (Wildman–Crippen LogP) is 4.14. The number of hydrogen-bond acceptors (Lipinski definition) is 4. The molecular weight excluding hydrogens is 430 g/mol. The fourth-order valence-corrected chi connectivity index (χ4v) is 3.63. The molecule has 2 aromatic carbocycles. The maximum Gasteiger partial charge on any atom is 0.309 e. The molecule has 0 aliphatic carbocycles. The van der Waals surface area contributed by atoms with E-state index in [1.807, 2.05) is 12.1 Å². The number of likely N-dealkylation sites (N-methyl/N-ethyl adjacent to an activating group) is 1. The molecule has 2 rings (SSSR count). The Labute approximate surface area is 201 Å². The molecule has 0 heterocycles. The molecule has 0 aromatic heterocycles. The lowest BCUT2D eigenvalue weighted by Gasteiger charge is -2.10. The Morgan fingerprint density at radius 3 is 2.03 bits per heavy atom. The number of carbonyl (C=O) groups is 3. The van der Waals surface area contributed by atoms with Crippen LogP contribution in [0.15, 0.2) is 55.1 Å². The van der Waals surface area contributed by atoms with Gasteiger partial charge in [0.1, 0.15) is 5.76 Å². The van der Waals surface area contributed by atoms with E-state index in [0.717, 1.165) is 44.9 Å². The molecule has 0 saturated carbocycles. The third-order valence-electron chi connectivity index (χ3n) is 5.56. The van der Waals surface area contributed by atoms with Crippen molar-refractivity contribution in [3.05, 3.63) is 71.8 Å². The highest BCUT2D eigenvalue weighted by Gasteiger charge is 2.09. The molecule has 7 heteroatoms. The van der Waals surface area contributed by atoms with Crippen LogP contribution in [-0.2, 0) is 27.2 Å². The van der Waals surface area contributed by atoms with Crippen LogP contribution in [0.1, 0.15) is 55.2 Å². The summed E-state index contributed by atoms with van der Waals surface area (Å²) in [7, 11) is 1.44. The molecule has 0 saturated heterocycles. The zero-order chi connectivity index (χ0) is 24.8. The maximum absolute atomic E-state index is 12.2. The summed E-state index contributed by atoms with van der Waals surface area (Å²) in [5.41, 5.74) is 3.97. The number of benzene rings is 2. The van der Waals surface area contributed by atoms with Gasteiger partial charge >= 0.3 is 11.8 Å². The SMILES string of the molecule is C=C(O)c1ccc(NC(=O)CCCCCc2ccccc2CCCCNC(=O)C(=O)NC)cc1. The lowest BCUT2D eigenvalue weighted by atomic mass is 9.97. The van der Waals surface area contributed by atoms with Crippen LogP contribution in [0.3, 0.4) is 0 Å². The minimum absolute atomic E-state index is 0.00538. The lowest BCUT2D eigenvalue weighted by Crippen LogP contribution is -2.38. The molecule has 7 nitrogen and oxygen atoms in total. The summed E-state index contributed by atoms with van der Waals surface area (Å²) in [6.45, 7) is 3.96. The largest absolute Gasteiger partial charge is 0.508 e. The first-order valence-corrected chi connectivity index (χ1v) is 11.8. The molecule has 0 aliphatic heterocycles. The molecule has 0 fully saturated rings. The molecule has 4 N–H and O–H groups in total. The van der Waals surface area contributed by atoms with E-state index < -0.39 is 11.8 Å². The van der Waals surface area contributed by atoms with E-state index in [2.05, 4.69) is 34.7 Å². The van der Waals surface area contributed by atoms with Crippen LogP contribution in [0.5, 0.6) is 0 Å². The smallest absolute Gasteiger partial charge is 0.309 e. The average molecular weight is 466 g/mol. The molecular formula is C27H35N3O4. The Bertz CT molecular complexity index is 970. The third-order valence-corrected chi connectivity index (χ3v) is 5.56. The third kappa shape index (κ3) is 9.48. The van der Waals surface area contributed by atoms with Crippen molar-refractivity contribution in [2.75, 3.05) is 18.9 Å². The van der Waals surface area contributed by atoms with Gasteiger partial charge in [-0.15, -0.1) is 0 Å². The Hall–Kier alpha value is -3.61. The molecule has 0 unspecified atom stereocenters. The second-order valence-electron chi connectivity index (χ2n) is 8.19. The lowest BCUT2D eigenvalue weighted by molar-refractivity contribution is -0.138. The number of carbonyl (C=O) groups excluding carboxylic acids is 3. The first-order valence-electron chi connectivity index (χ1n) is 11.8. The number of rotatable bonds is 13. The van der Waals surface area contributed by atoms with Gasteiger partial charge in [0.25, 0.3) is 0 Å². The van der Waals surface area contributed by atoms with Gasteiger partial charge in [-0.25, -0.2) is 0 Å². The van der Waals surface area contributed by atoms with E-state index in [1.165, 1.54) is 18.2 Å². The van der Waals surface area contributed by atoms with Crippen LogP contribution in [0, 0.1) is 0 Å². The molecule has 0 bridgehead atoms. The van der Waals surface area contributed by atoms with Gasteiger partial charge in [-0.3, -0.25) is 14.4 Å². The standard InChI is InChI=1S/C27H35N3O4/c1-20(31)21-15-17-24(18-16-21)30-25(32)14-5-3-4-10-22-11-6-7-12-23(22)13-8-9-19-29-27(34)26(33)28-2/h6-7,11-12,15-18,31H,1,3-5,8-10,13-14,19H2,2H3,(H,28,33)(H,29,34)(H,30,32). The summed E-state index contributed by atoms with van der Waals surface area (Å²) in [4.78, 5) is 34.8. The van der Waals surface area contributed by atoms with Crippen molar-refractivity contribution in [2.24, 2.45) is 0 Å². The van der Waals surface area contributed by atoms with E-state index in [9.17, 15) is 19.5 Å². The molecule has 0 atom stereocenters. The Morgan fingerprint density at radius 2 is 1.44 bits per heavy atom. The van der Waals surface area contributed by atoms with E-state index in [4.69, 9.17) is 0 Å². The van der Waals surface area contributed by atoms with Crippen LogP contribution >= 0.6 is 0 Å². The van der Waals surface area contributed by atoms with Gasteiger partial charge in [-0.2, -0.15) is 0 Å². The highest BCUT2D eigenvalue weighted by Crippen LogP contribution is 2.17. The highest BCUT2D eigenvalue weighted by molar-refractivity contribution is 6.34. The van der Waals surface area contributed by atoms with Crippen LogP contribution in [0.2, 0.25) is 0 Å². The molecule has 0 radical (unpaired) electrons. The van der Waals surface area contributed by atoms with Crippen LogP contribution in [-0.4, -0.2) is 36.4 Å². The van der Waals surface area contributed by atoms with Crippen LogP contribution < -0.4 is 16.0 Å². The van der Waals surface area contributed by atoms with E-state index in [-0.39, 0.29) is 11.7 Å². The fraction of sp³-hybridized carbons (Fsp3) is 0.370. The van der Waals surface area contributed by atoms with E-state index >= 15 is 0 Å². The van der Waals surface area contributed by atoms with Crippen molar-refractivity contribution in [2.45, 2.75) is 51.4 Å². The van der Waals surface area contributed by atoms with Gasteiger partial charge in [0.05, 0.1) is 0 Å². The van der Waals surface area contributed by atoms with E-state index in [0.29, 0.717) is 24.2 Å². The molecule has 2 aromatic rings. The first-order chi connectivity index (χ1) is 16.4. The molecule has 0 spiro atoms. The van der Waals surface area contributed by atoms with Gasteiger partial charge in [0.15, 0.2) is 0 Å². The van der Waals surface area contributed by atoms with Gasteiger partial charge in [0, 0.05) is 31.3 Å². The average Bonchev–Trinajstić information content (AvgIpc) is 2.84. The van der Waals surface area contributed by atoms with Crippen LogP contribution in [0.25, 0.3) is 5.76 Å². The number of nitrogens with one attached hydrogen (secondary N) is 3. The Morgan fingerprint density at radius 1 is 0.824 bits per heavy atom. The number of aliphatic hydroxyl groups is 1. The summed E-state index contributed by atoms with van der Waals surface area (Å²) in [5.74, 6) is -1.22. The fourth-order valence-electron chi connectivity index (χ4n) is 3.63. The second-order valence-corrected chi connectivity index (χ2v) is 8.19. The van der Waals surface area contributed by atoms with Crippen molar-refractivity contribution in [3.8, 4) is 0 Å². The summed E-state index contributed by atoms with van der Waals surface area (Å²) in [6.07, 6.45) is 6.91. The monoisotopic (exact) mass is 465 g/mol. The molecule has 0 aliphatic rings. The van der Waals surface area contributed by atoms with Crippen molar-refractivity contribution in [1.29, 1.82) is 0 Å². The molecule has 3 amide bonds. The Balaban J connectivity index is 1.64. The summed E-state index contributed by atoms with van der Waals surface area (Å²) in [5, 5.41) is 17.2. The van der Waals surface area contributed by atoms with Gasteiger partial charge in [-0.05, 0) is 73.9 Å². The number of aliphatic hydroxyl groups excluding tert-OH is 1. The zero-order valence-corrected chi connectivity index (χ0v) is 19.9. The van der Waals surface area contributed by atoms with Gasteiger partial charge in [-0.1, -0.05) is 37.3 Å². The van der Waals surface area contributed by atoms with Gasteiger partial charge < -0.3 is 21.1 Å². The van der Waals surface area contributed by atoms with Crippen LogP contribution in [0.4, 0.5) is 5.69 Å². The second kappa shape index (κ2) is 14.5. The Kier molecular flexibility index (Phi) is 11.4. The molecule has 34 heavy (non-hydrogen) atoms. The predicted molar refractivity (Wildman–Crippen MR) is 135 cm³/mol. The minimum atomic E-state index is -0.619. The zero-order valence-electron chi connectivity index (χ0n) is 19.9. The number of anilines is 1. The highest BCUT2D eigenvalue weighted by atomic mass is 16.3. The summed E-state index contributed by atoms with van der Waals surface area (Å²) < 4.78 is 0. The number of amides is 3. The van der Waals surface area contributed by atoms with E-state index in [1.54, 1.807) is 24.3 Å². The minimum Gasteiger partial charge on any atom is -0.508 e. The maximum atomic E-state index is 12.2. The topological polar surface area (TPSA) is 108 Å². The van der Waals surface area contributed by atoms with Crippen molar-refractivity contribution in [3.63, 3.8) is 0 Å². The van der Waals surface area contributed by atoms with Crippen molar-refractivity contribution >= 4 is 29.2 Å². The summed E-state index contributed by atoms with van der Waals surface area (Å²) in [6, 6.07) is 15.3. The number of unbranched alkanes of at least 4 members (excludes halogenated alkanes) is 3. The quantitative estimate of drug-likeness (QED) is 0.203. The molecule has 182 valence electrons. The van der Waals surface area contributed by atoms with Crippen molar-refractivity contribution < 1.29 is 19.5 Å². The number of hydrogen-bond donors (Lipinski definition) is 4. The first kappa shape index (κ1) is 26.6. The number of aryl methyl sites for hydroxylation is 2.